The van der Waals surface area contributed by atoms with E-state index in [1.54, 1.807) is 12.1 Å². The van der Waals surface area contributed by atoms with Gasteiger partial charge >= 0.3 is 0 Å². The monoisotopic (exact) mass is 500 g/mol. The summed E-state index contributed by atoms with van der Waals surface area (Å²) in [5, 5.41) is 2.83. The van der Waals surface area contributed by atoms with Gasteiger partial charge in [-0.05, 0) is 60.5 Å². The number of sulfone groups is 1. The first-order chi connectivity index (χ1) is 14.9. The molecule has 3 aromatic carbocycles. The summed E-state index contributed by atoms with van der Waals surface area (Å²) in [4.78, 5) is 4.22. The van der Waals surface area contributed by atoms with Gasteiger partial charge < -0.3 is 9.73 Å². The first-order valence-electron chi connectivity index (χ1n) is 9.49. The van der Waals surface area contributed by atoms with E-state index in [0.29, 0.717) is 18.5 Å². The zero-order chi connectivity index (χ0) is 21.8. The number of nitrogens with zero attached hydrogens (tertiary/aromatic N) is 1. The van der Waals surface area contributed by atoms with Crippen LogP contribution in [0.2, 0.25) is 0 Å². The van der Waals surface area contributed by atoms with Gasteiger partial charge in [0, 0.05) is 16.6 Å². The highest BCUT2D eigenvalue weighted by atomic mass is 79.9. The molecule has 0 bridgehead atoms. The van der Waals surface area contributed by atoms with Crippen molar-refractivity contribution in [2.24, 2.45) is 0 Å². The highest BCUT2D eigenvalue weighted by molar-refractivity contribution is 9.10. The van der Waals surface area contributed by atoms with Gasteiger partial charge in [0.15, 0.2) is 0 Å². The fourth-order valence-corrected chi connectivity index (χ4v) is 4.55. The molecule has 0 aliphatic heterocycles. The SMILES string of the molecule is O=S(=O)(c1ccc(F)cc1)c1nc(-c2ccc(Br)cc2)oc1NCCc1ccccc1. The van der Waals surface area contributed by atoms with E-state index < -0.39 is 15.7 Å². The van der Waals surface area contributed by atoms with Crippen molar-refractivity contribution < 1.29 is 17.2 Å². The van der Waals surface area contributed by atoms with Crippen molar-refractivity contribution in [1.82, 2.24) is 4.98 Å². The summed E-state index contributed by atoms with van der Waals surface area (Å²) in [5.74, 6) is -0.288. The van der Waals surface area contributed by atoms with Crippen molar-refractivity contribution in [2.45, 2.75) is 16.3 Å². The summed E-state index contributed by atoms with van der Waals surface area (Å²) < 4.78 is 46.4. The third-order valence-electron chi connectivity index (χ3n) is 4.61. The van der Waals surface area contributed by atoms with Crippen molar-refractivity contribution >= 4 is 31.7 Å². The van der Waals surface area contributed by atoms with E-state index >= 15 is 0 Å². The predicted octanol–water partition coefficient (Wildman–Crippen LogP) is 5.73. The fraction of sp³-hybridized carbons (Fsp3) is 0.0870. The molecule has 1 aromatic heterocycles. The Balaban J connectivity index is 1.69. The molecule has 4 rings (SSSR count). The molecule has 0 radical (unpaired) electrons. The van der Waals surface area contributed by atoms with E-state index in [2.05, 4.69) is 26.2 Å². The van der Waals surface area contributed by atoms with Crippen LogP contribution in [0.25, 0.3) is 11.5 Å². The molecular formula is C23H18BrFN2O3S. The molecule has 0 aliphatic rings. The summed E-state index contributed by atoms with van der Waals surface area (Å²) in [6, 6.07) is 21.6. The van der Waals surface area contributed by atoms with Crippen LogP contribution in [0.4, 0.5) is 10.3 Å². The lowest BCUT2D eigenvalue weighted by Gasteiger charge is -2.06. The second-order valence-electron chi connectivity index (χ2n) is 6.78. The number of oxazole rings is 1. The van der Waals surface area contributed by atoms with Crippen LogP contribution in [-0.2, 0) is 16.3 Å². The normalized spacial score (nSPS) is 11.4. The average molecular weight is 501 g/mol. The maximum atomic E-state index is 13.3. The molecule has 0 saturated carbocycles. The maximum Gasteiger partial charge on any atom is 0.233 e. The van der Waals surface area contributed by atoms with Crippen LogP contribution in [0.1, 0.15) is 5.56 Å². The number of benzene rings is 3. The van der Waals surface area contributed by atoms with Gasteiger partial charge in [0.1, 0.15) is 5.82 Å². The largest absolute Gasteiger partial charge is 0.419 e. The number of aromatic nitrogens is 1. The molecule has 1 heterocycles. The molecule has 0 atom stereocenters. The Morgan fingerprint density at radius 2 is 1.61 bits per heavy atom. The molecule has 5 nitrogen and oxygen atoms in total. The molecule has 0 saturated heterocycles. The van der Waals surface area contributed by atoms with E-state index in [-0.39, 0.29) is 21.7 Å². The Morgan fingerprint density at radius 1 is 0.935 bits per heavy atom. The number of nitrogens with one attached hydrogen (secondary N) is 1. The third kappa shape index (κ3) is 4.86. The zero-order valence-corrected chi connectivity index (χ0v) is 18.7. The van der Waals surface area contributed by atoms with Crippen LogP contribution in [0.5, 0.6) is 0 Å². The molecule has 0 aliphatic carbocycles. The minimum absolute atomic E-state index is 0.0539. The highest BCUT2D eigenvalue weighted by Gasteiger charge is 2.28. The van der Waals surface area contributed by atoms with Crippen LogP contribution in [0, 0.1) is 5.82 Å². The lowest BCUT2D eigenvalue weighted by molar-refractivity contribution is 0.576. The van der Waals surface area contributed by atoms with E-state index in [9.17, 15) is 12.8 Å². The van der Waals surface area contributed by atoms with Gasteiger partial charge in [-0.25, -0.2) is 12.8 Å². The third-order valence-corrected chi connectivity index (χ3v) is 6.81. The van der Waals surface area contributed by atoms with Gasteiger partial charge in [-0.3, -0.25) is 0 Å². The maximum absolute atomic E-state index is 13.3. The minimum Gasteiger partial charge on any atom is -0.419 e. The molecule has 31 heavy (non-hydrogen) atoms. The van der Waals surface area contributed by atoms with Crippen LogP contribution in [0.3, 0.4) is 0 Å². The van der Waals surface area contributed by atoms with Gasteiger partial charge in [-0.15, -0.1) is 0 Å². The summed E-state index contributed by atoms with van der Waals surface area (Å²) in [7, 11) is -4.02. The van der Waals surface area contributed by atoms with Crippen LogP contribution < -0.4 is 5.32 Å². The lowest BCUT2D eigenvalue weighted by atomic mass is 10.1. The van der Waals surface area contributed by atoms with E-state index in [0.717, 1.165) is 22.2 Å². The van der Waals surface area contributed by atoms with Crippen LogP contribution in [-0.4, -0.2) is 19.9 Å². The van der Waals surface area contributed by atoms with E-state index in [1.165, 1.54) is 12.1 Å². The first kappa shape index (κ1) is 21.3. The second kappa shape index (κ2) is 9.03. The van der Waals surface area contributed by atoms with Crippen molar-refractivity contribution in [1.29, 1.82) is 0 Å². The molecule has 158 valence electrons. The first-order valence-corrected chi connectivity index (χ1v) is 11.8. The summed E-state index contributed by atoms with van der Waals surface area (Å²) in [5.41, 5.74) is 1.74. The van der Waals surface area contributed by atoms with Gasteiger partial charge in [0.2, 0.25) is 26.6 Å². The Labute approximate surface area is 188 Å². The number of hydrogen-bond acceptors (Lipinski definition) is 5. The van der Waals surface area contributed by atoms with Crippen molar-refractivity contribution in [3.8, 4) is 11.5 Å². The lowest BCUT2D eigenvalue weighted by Crippen LogP contribution is -2.09. The molecule has 4 aromatic rings. The van der Waals surface area contributed by atoms with Gasteiger partial charge in [-0.2, -0.15) is 4.98 Å². The van der Waals surface area contributed by atoms with Crippen molar-refractivity contribution in [3.63, 3.8) is 0 Å². The standard InChI is InChI=1S/C23H18BrFN2O3S/c24-18-8-6-17(7-9-18)21-27-23(31(28,29)20-12-10-19(25)11-13-20)22(30-21)26-15-14-16-4-2-1-3-5-16/h1-13,26H,14-15H2. The fourth-order valence-electron chi connectivity index (χ4n) is 3.01. The predicted molar refractivity (Wildman–Crippen MR) is 120 cm³/mol. The van der Waals surface area contributed by atoms with Crippen LogP contribution >= 0.6 is 15.9 Å². The number of hydrogen-bond donors (Lipinski definition) is 1. The number of anilines is 1. The topological polar surface area (TPSA) is 72.2 Å². The van der Waals surface area contributed by atoms with Gasteiger partial charge in [0.05, 0.1) is 4.90 Å². The van der Waals surface area contributed by atoms with Crippen molar-refractivity contribution in [2.75, 3.05) is 11.9 Å². The molecule has 0 spiro atoms. The van der Waals surface area contributed by atoms with Gasteiger partial charge in [-0.1, -0.05) is 46.3 Å². The van der Waals surface area contributed by atoms with E-state index in [1.807, 2.05) is 42.5 Å². The van der Waals surface area contributed by atoms with Gasteiger partial charge in [0.25, 0.3) is 0 Å². The molecular weight excluding hydrogens is 483 g/mol. The molecule has 0 fully saturated rings. The number of halogens is 2. The summed E-state index contributed by atoms with van der Waals surface area (Å²) in [6.07, 6.45) is 0.672. The molecule has 1 N–H and O–H groups in total. The summed E-state index contributed by atoms with van der Waals surface area (Å²) >= 11 is 3.37. The Morgan fingerprint density at radius 3 is 2.29 bits per heavy atom. The zero-order valence-electron chi connectivity index (χ0n) is 16.3. The van der Waals surface area contributed by atoms with Crippen molar-refractivity contribution in [3.05, 3.63) is 94.7 Å². The second-order valence-corrected chi connectivity index (χ2v) is 9.56. The Hall–Kier alpha value is -2.97. The number of rotatable bonds is 7. The van der Waals surface area contributed by atoms with E-state index in [4.69, 9.17) is 4.42 Å². The Bertz CT molecular complexity index is 1270. The minimum atomic E-state index is -4.02. The molecule has 8 heteroatoms. The Kier molecular flexibility index (Phi) is 6.20. The molecule has 0 amide bonds. The smallest absolute Gasteiger partial charge is 0.233 e. The molecule has 0 unspecified atom stereocenters. The highest BCUT2D eigenvalue weighted by Crippen LogP contribution is 2.32. The average Bonchev–Trinajstić information content (AvgIpc) is 3.20. The quantitative estimate of drug-likeness (QED) is 0.328. The van der Waals surface area contributed by atoms with Crippen LogP contribution in [0.15, 0.2) is 97.7 Å². The summed E-state index contributed by atoms with van der Waals surface area (Å²) in [6.45, 7) is 0.449.